The molecular formula is C12H14N4Na2O4. The van der Waals surface area contributed by atoms with Crippen molar-refractivity contribution in [2.75, 3.05) is 13.1 Å². The Balaban J connectivity index is -0.00000180. The van der Waals surface area contributed by atoms with Gasteiger partial charge in [-0.2, -0.15) is 20.8 Å². The van der Waals surface area contributed by atoms with Gasteiger partial charge < -0.3 is 19.8 Å². The van der Waals surface area contributed by atoms with Crippen LogP contribution in [0, 0.1) is 34.5 Å². The average Bonchev–Trinajstić information content (AvgIpc) is 2.40. The first-order valence-corrected chi connectivity index (χ1v) is 6.01. The van der Waals surface area contributed by atoms with Crippen molar-refractivity contribution in [1.29, 1.82) is 10.5 Å². The number of azo groups is 1. The van der Waals surface area contributed by atoms with E-state index in [2.05, 4.69) is 10.2 Å². The second kappa shape index (κ2) is 16.9. The molecule has 0 aliphatic carbocycles. The number of nitrogens with zero attached hydrogens (tertiary/aromatic N) is 4. The number of hydrogen-bond donors (Lipinski definition) is 0. The van der Waals surface area contributed by atoms with Crippen LogP contribution in [-0.2, 0) is 9.59 Å². The van der Waals surface area contributed by atoms with Gasteiger partial charge in [-0.15, -0.1) is 0 Å². The number of hydrogen-bond acceptors (Lipinski definition) is 8. The number of carboxylic acids is 2. The summed E-state index contributed by atoms with van der Waals surface area (Å²) in [4.78, 5) is 20.5. The van der Waals surface area contributed by atoms with E-state index in [0.29, 0.717) is 0 Å². The molecule has 0 N–H and O–H groups in total. The summed E-state index contributed by atoms with van der Waals surface area (Å²) in [6.45, 7) is 0.0881. The first-order valence-electron chi connectivity index (χ1n) is 6.01. The van der Waals surface area contributed by atoms with Gasteiger partial charge in [-0.1, -0.05) is 0 Å². The summed E-state index contributed by atoms with van der Waals surface area (Å²) in [6.07, 6.45) is -0.186. The van der Waals surface area contributed by atoms with Gasteiger partial charge in [0.15, 0.2) is 0 Å². The Hall–Kier alpha value is -0.480. The normalized spacial score (nSPS) is 12.1. The van der Waals surface area contributed by atoms with Crippen LogP contribution in [-0.4, -0.2) is 25.0 Å². The maximum Gasteiger partial charge on any atom is 1.00 e. The van der Waals surface area contributed by atoms with E-state index in [0.717, 1.165) is 0 Å². The Morgan fingerprint density at radius 2 is 1.18 bits per heavy atom. The summed E-state index contributed by atoms with van der Waals surface area (Å²) in [5.41, 5.74) is 0. The number of carbonyl (C=O) groups is 2. The molecule has 0 saturated carbocycles. The van der Waals surface area contributed by atoms with Crippen LogP contribution in [0.5, 0.6) is 0 Å². The van der Waals surface area contributed by atoms with Crippen LogP contribution >= 0.6 is 0 Å². The Morgan fingerprint density at radius 1 is 0.864 bits per heavy atom. The number of carboxylic acid groups (broad SMARTS) is 2. The molecule has 0 heterocycles. The van der Waals surface area contributed by atoms with Crippen molar-refractivity contribution in [3.05, 3.63) is 0 Å². The Labute approximate surface area is 173 Å². The number of carbonyl (C=O) groups excluding carboxylic acids is 2. The molecule has 0 spiro atoms. The maximum absolute atomic E-state index is 10.2. The van der Waals surface area contributed by atoms with Gasteiger partial charge in [0, 0.05) is 11.9 Å². The third-order valence-electron chi connectivity index (χ3n) is 2.46. The molecule has 10 heteroatoms. The van der Waals surface area contributed by atoms with E-state index < -0.39 is 23.8 Å². The van der Waals surface area contributed by atoms with E-state index in [9.17, 15) is 19.8 Å². The van der Waals surface area contributed by atoms with Crippen LogP contribution in [0.4, 0.5) is 0 Å². The maximum atomic E-state index is 10.2. The molecule has 0 aromatic heterocycles. The van der Waals surface area contributed by atoms with E-state index in [1.54, 1.807) is 0 Å². The summed E-state index contributed by atoms with van der Waals surface area (Å²) in [5, 5.41) is 45.4. The molecule has 8 nitrogen and oxygen atoms in total. The molecule has 0 rings (SSSR count). The molecule has 0 amide bonds. The molecule has 0 aliphatic heterocycles. The van der Waals surface area contributed by atoms with Crippen LogP contribution in [0.1, 0.15) is 25.7 Å². The minimum Gasteiger partial charge on any atom is -0.550 e. The molecular weight excluding hydrogens is 310 g/mol. The molecule has 0 aromatic rings. The number of aliphatic carboxylic acids is 2. The summed E-state index contributed by atoms with van der Waals surface area (Å²) >= 11 is 0. The predicted molar refractivity (Wildman–Crippen MR) is 61.3 cm³/mol. The van der Waals surface area contributed by atoms with Crippen molar-refractivity contribution < 1.29 is 78.9 Å². The molecule has 0 bridgehead atoms. The van der Waals surface area contributed by atoms with Crippen LogP contribution in [0.3, 0.4) is 0 Å². The van der Waals surface area contributed by atoms with Crippen molar-refractivity contribution in [3.63, 3.8) is 0 Å². The van der Waals surface area contributed by atoms with E-state index in [-0.39, 0.29) is 97.9 Å². The first-order chi connectivity index (χ1) is 9.49. The molecule has 22 heavy (non-hydrogen) atoms. The van der Waals surface area contributed by atoms with Crippen LogP contribution in [0.25, 0.3) is 0 Å². The van der Waals surface area contributed by atoms with Gasteiger partial charge in [0.25, 0.3) is 0 Å². The SMILES string of the molecule is N#CC(CCC(=O)[O-])CN=NCC(C#N)CCC(=O)[O-].[Na+].[Na+]. The molecule has 0 saturated heterocycles. The first kappa shape index (κ1) is 26.4. The predicted octanol–water partition coefficient (Wildman–Crippen LogP) is -7.21. The fourth-order valence-corrected chi connectivity index (χ4v) is 1.29. The van der Waals surface area contributed by atoms with Crippen molar-refractivity contribution in [1.82, 2.24) is 0 Å². The van der Waals surface area contributed by atoms with Crippen LogP contribution in [0.15, 0.2) is 10.2 Å². The fraction of sp³-hybridized carbons (Fsp3) is 0.667. The third kappa shape index (κ3) is 15.9. The second-order valence-electron chi connectivity index (χ2n) is 4.12. The van der Waals surface area contributed by atoms with Gasteiger partial charge in [0.1, 0.15) is 0 Å². The zero-order valence-electron chi connectivity index (χ0n) is 12.8. The Bertz CT molecular complexity index is 405. The minimum atomic E-state index is -1.23. The van der Waals surface area contributed by atoms with E-state index in [4.69, 9.17) is 10.5 Å². The van der Waals surface area contributed by atoms with E-state index >= 15 is 0 Å². The smallest absolute Gasteiger partial charge is 0.550 e. The Kier molecular flexibility index (Phi) is 20.3. The van der Waals surface area contributed by atoms with E-state index in [1.807, 2.05) is 12.1 Å². The zero-order chi connectivity index (χ0) is 15.4. The van der Waals surface area contributed by atoms with Crippen LogP contribution in [0.2, 0.25) is 0 Å². The van der Waals surface area contributed by atoms with Gasteiger partial charge in [-0.25, -0.2) is 0 Å². The summed E-state index contributed by atoms with van der Waals surface area (Å²) in [7, 11) is 0. The van der Waals surface area contributed by atoms with Gasteiger partial charge in [-0.3, -0.25) is 0 Å². The minimum absolute atomic E-state index is 0. The summed E-state index contributed by atoms with van der Waals surface area (Å²) in [6, 6.07) is 3.81. The molecule has 0 aliphatic rings. The molecule has 0 radical (unpaired) electrons. The number of nitriles is 2. The van der Waals surface area contributed by atoms with Crippen molar-refractivity contribution in [2.24, 2.45) is 22.1 Å². The molecule has 108 valence electrons. The van der Waals surface area contributed by atoms with Gasteiger partial charge in [0.05, 0.1) is 37.1 Å². The van der Waals surface area contributed by atoms with Crippen LogP contribution < -0.4 is 69.3 Å². The van der Waals surface area contributed by atoms with Gasteiger partial charge in [-0.05, 0) is 25.7 Å². The largest absolute Gasteiger partial charge is 1.00 e. The molecule has 2 unspecified atom stereocenters. The summed E-state index contributed by atoms with van der Waals surface area (Å²) < 4.78 is 0. The quantitative estimate of drug-likeness (QED) is 0.287. The van der Waals surface area contributed by atoms with Crippen molar-refractivity contribution >= 4 is 11.9 Å². The monoisotopic (exact) mass is 324 g/mol. The number of rotatable bonds is 10. The fourth-order valence-electron chi connectivity index (χ4n) is 1.29. The molecule has 0 fully saturated rings. The van der Waals surface area contributed by atoms with Crippen molar-refractivity contribution in [3.8, 4) is 12.1 Å². The second-order valence-corrected chi connectivity index (χ2v) is 4.12. The molecule has 0 aromatic carbocycles. The van der Waals surface area contributed by atoms with Gasteiger partial charge in [0.2, 0.25) is 0 Å². The standard InChI is InChI=1S/C12H16N4O4.2Na/c13-5-9(1-3-11(17)18)7-15-16-8-10(6-14)2-4-12(19)20;;/h9-10H,1-4,7-8H2,(H,17,18)(H,19,20);;/q;2*+1/p-2. The van der Waals surface area contributed by atoms with E-state index in [1.165, 1.54) is 0 Å². The summed E-state index contributed by atoms with van der Waals surface area (Å²) in [5.74, 6) is -3.59. The van der Waals surface area contributed by atoms with Crippen molar-refractivity contribution in [2.45, 2.75) is 25.7 Å². The van der Waals surface area contributed by atoms with Gasteiger partial charge >= 0.3 is 59.1 Å². The molecule has 2 atom stereocenters. The average molecular weight is 324 g/mol. The Morgan fingerprint density at radius 3 is 1.41 bits per heavy atom. The zero-order valence-corrected chi connectivity index (χ0v) is 16.8. The third-order valence-corrected chi connectivity index (χ3v) is 2.46. The topological polar surface area (TPSA) is 153 Å².